The van der Waals surface area contributed by atoms with Gasteiger partial charge in [0, 0.05) is 17.2 Å². The van der Waals surface area contributed by atoms with Gasteiger partial charge in [-0.1, -0.05) is 0 Å². The van der Waals surface area contributed by atoms with Crippen molar-refractivity contribution in [3.63, 3.8) is 0 Å². The van der Waals surface area contributed by atoms with Crippen LogP contribution >= 0.6 is 0 Å². The summed E-state index contributed by atoms with van der Waals surface area (Å²) in [5.41, 5.74) is 1.06. The van der Waals surface area contributed by atoms with Crippen molar-refractivity contribution in [3.05, 3.63) is 54.1 Å². The van der Waals surface area contributed by atoms with Crippen molar-refractivity contribution < 1.29 is 17.4 Å². The monoisotopic (exact) mass is 292 g/mol. The van der Waals surface area contributed by atoms with Crippen LogP contribution in [0.15, 0.2) is 51.8 Å². The van der Waals surface area contributed by atoms with Crippen LogP contribution in [0.3, 0.4) is 0 Å². The molecule has 0 fully saturated rings. The molecule has 0 spiro atoms. The zero-order valence-corrected chi connectivity index (χ0v) is 11.3. The molecule has 1 atom stereocenters. The molecule has 3 rings (SSSR count). The Hall–Kier alpha value is -2.01. The summed E-state index contributed by atoms with van der Waals surface area (Å²) in [7, 11) is -1.35. The second-order valence-electron chi connectivity index (χ2n) is 4.36. The zero-order valence-electron chi connectivity index (χ0n) is 10.5. The van der Waals surface area contributed by atoms with E-state index in [1.165, 1.54) is 36.6 Å². The zero-order chi connectivity index (χ0) is 14.3. The van der Waals surface area contributed by atoms with Crippen molar-refractivity contribution in [2.45, 2.75) is 4.90 Å². The lowest BCUT2D eigenvalue weighted by atomic mass is 10.1. The van der Waals surface area contributed by atoms with Crippen LogP contribution in [-0.2, 0) is 10.8 Å². The number of halogens is 2. The third-order valence-electron chi connectivity index (χ3n) is 3.00. The molecular formula is C15H10F2O2S. The first-order valence-corrected chi connectivity index (χ1v) is 7.43. The Kier molecular flexibility index (Phi) is 3.14. The fourth-order valence-corrected chi connectivity index (χ4v) is 3.01. The molecule has 2 aromatic carbocycles. The van der Waals surface area contributed by atoms with Crippen LogP contribution < -0.4 is 0 Å². The standard InChI is InChI=1S/C15H10F2O2S/c1-20(18)15-12-8-11(17)6-7-13(12)19-14(15)9-2-4-10(16)5-3-9/h2-8H,1H3. The molecule has 0 aliphatic carbocycles. The molecular weight excluding hydrogens is 282 g/mol. The molecule has 0 amide bonds. The van der Waals surface area contributed by atoms with Gasteiger partial charge in [0.2, 0.25) is 0 Å². The van der Waals surface area contributed by atoms with Crippen molar-refractivity contribution in [2.75, 3.05) is 6.26 Å². The third-order valence-corrected chi connectivity index (χ3v) is 3.98. The van der Waals surface area contributed by atoms with Gasteiger partial charge < -0.3 is 4.42 Å². The highest BCUT2D eigenvalue weighted by Gasteiger charge is 2.19. The van der Waals surface area contributed by atoms with Crippen LogP contribution in [-0.4, -0.2) is 10.5 Å². The van der Waals surface area contributed by atoms with Gasteiger partial charge in [0.25, 0.3) is 0 Å². The number of rotatable bonds is 2. The largest absolute Gasteiger partial charge is 0.455 e. The maximum Gasteiger partial charge on any atom is 0.151 e. The van der Waals surface area contributed by atoms with Crippen molar-refractivity contribution >= 4 is 21.8 Å². The predicted octanol–water partition coefficient (Wildman–Crippen LogP) is 4.12. The first kappa shape index (κ1) is 13.0. The van der Waals surface area contributed by atoms with Crippen molar-refractivity contribution in [1.29, 1.82) is 0 Å². The molecule has 0 radical (unpaired) electrons. The highest BCUT2D eigenvalue weighted by atomic mass is 32.2. The fraction of sp³-hybridized carbons (Fsp3) is 0.0667. The highest BCUT2D eigenvalue weighted by molar-refractivity contribution is 7.84. The molecule has 0 bridgehead atoms. The number of furan rings is 1. The van der Waals surface area contributed by atoms with Crippen molar-refractivity contribution in [3.8, 4) is 11.3 Å². The molecule has 0 saturated carbocycles. The summed E-state index contributed by atoms with van der Waals surface area (Å²) in [5.74, 6) is -0.405. The number of hydrogen-bond acceptors (Lipinski definition) is 2. The van der Waals surface area contributed by atoms with Crippen molar-refractivity contribution in [2.24, 2.45) is 0 Å². The van der Waals surface area contributed by atoms with Gasteiger partial charge in [-0.05, 0) is 42.5 Å². The Balaban J connectivity index is 2.32. The Morgan fingerprint density at radius 2 is 1.65 bits per heavy atom. The van der Waals surface area contributed by atoms with Gasteiger partial charge in [-0.2, -0.15) is 0 Å². The number of hydrogen-bond donors (Lipinski definition) is 0. The molecule has 0 N–H and O–H groups in total. The van der Waals surface area contributed by atoms with Gasteiger partial charge in [-0.25, -0.2) is 8.78 Å². The van der Waals surface area contributed by atoms with E-state index in [4.69, 9.17) is 4.42 Å². The minimum absolute atomic E-state index is 0.366. The van der Waals surface area contributed by atoms with Gasteiger partial charge in [0.05, 0.1) is 15.7 Å². The molecule has 2 nitrogen and oxygen atoms in total. The van der Waals surface area contributed by atoms with E-state index >= 15 is 0 Å². The van der Waals surface area contributed by atoms with E-state index in [0.29, 0.717) is 27.2 Å². The molecule has 1 heterocycles. The normalized spacial score (nSPS) is 12.8. The third kappa shape index (κ3) is 2.14. The first-order valence-electron chi connectivity index (χ1n) is 5.87. The highest BCUT2D eigenvalue weighted by Crippen LogP contribution is 2.36. The lowest BCUT2D eigenvalue weighted by Crippen LogP contribution is -1.89. The van der Waals surface area contributed by atoms with E-state index < -0.39 is 16.6 Å². The quantitative estimate of drug-likeness (QED) is 0.711. The van der Waals surface area contributed by atoms with Crippen molar-refractivity contribution in [1.82, 2.24) is 0 Å². The summed E-state index contributed by atoms with van der Waals surface area (Å²) in [6.45, 7) is 0. The molecule has 1 unspecified atom stereocenters. The predicted molar refractivity (Wildman–Crippen MR) is 73.9 cm³/mol. The molecule has 3 aromatic rings. The maximum absolute atomic E-state index is 13.4. The van der Waals surface area contributed by atoms with Crippen LogP contribution in [0.4, 0.5) is 8.78 Å². The van der Waals surface area contributed by atoms with Gasteiger partial charge >= 0.3 is 0 Å². The summed E-state index contributed by atoms with van der Waals surface area (Å²) in [5, 5.41) is 0.477. The molecule has 20 heavy (non-hydrogen) atoms. The molecule has 102 valence electrons. The Labute approximate surface area is 116 Å². The topological polar surface area (TPSA) is 30.2 Å². The van der Waals surface area contributed by atoms with E-state index in [0.717, 1.165) is 0 Å². The summed E-state index contributed by atoms with van der Waals surface area (Å²) < 4.78 is 43.9. The summed E-state index contributed by atoms with van der Waals surface area (Å²) >= 11 is 0. The average molecular weight is 292 g/mol. The lowest BCUT2D eigenvalue weighted by molar-refractivity contribution is 0.613. The molecule has 0 saturated heterocycles. The Morgan fingerprint density at radius 1 is 1.00 bits per heavy atom. The minimum atomic E-state index is -1.35. The lowest BCUT2D eigenvalue weighted by Gasteiger charge is -2.00. The minimum Gasteiger partial charge on any atom is -0.455 e. The second kappa shape index (κ2) is 4.83. The molecule has 0 aliphatic rings. The average Bonchev–Trinajstić information content (AvgIpc) is 2.78. The maximum atomic E-state index is 13.4. The molecule has 5 heteroatoms. The van der Waals surface area contributed by atoms with E-state index in [1.807, 2.05) is 0 Å². The number of benzene rings is 2. The first-order chi connectivity index (χ1) is 9.56. The molecule has 0 aliphatic heterocycles. The smallest absolute Gasteiger partial charge is 0.151 e. The van der Waals surface area contributed by atoms with Crippen LogP contribution in [0.5, 0.6) is 0 Å². The van der Waals surface area contributed by atoms with Crippen LogP contribution in [0, 0.1) is 11.6 Å². The van der Waals surface area contributed by atoms with Gasteiger partial charge in [-0.15, -0.1) is 0 Å². The summed E-state index contributed by atoms with van der Waals surface area (Å²) in [4.78, 5) is 0.422. The summed E-state index contributed by atoms with van der Waals surface area (Å²) in [6, 6.07) is 9.75. The van der Waals surface area contributed by atoms with Crippen LogP contribution in [0.2, 0.25) is 0 Å². The fourth-order valence-electron chi connectivity index (χ4n) is 2.12. The SMILES string of the molecule is CS(=O)c1c(-c2ccc(F)cc2)oc2ccc(F)cc12. The van der Waals surface area contributed by atoms with Gasteiger partial charge in [0.1, 0.15) is 17.2 Å². The van der Waals surface area contributed by atoms with E-state index in [9.17, 15) is 13.0 Å². The van der Waals surface area contributed by atoms with Gasteiger partial charge in [-0.3, -0.25) is 4.21 Å². The van der Waals surface area contributed by atoms with Crippen LogP contribution in [0.25, 0.3) is 22.3 Å². The van der Waals surface area contributed by atoms with Gasteiger partial charge in [0.15, 0.2) is 5.76 Å². The Bertz CT molecular complexity index is 807. The molecule has 1 aromatic heterocycles. The second-order valence-corrected chi connectivity index (χ2v) is 5.68. The Morgan fingerprint density at radius 3 is 2.30 bits per heavy atom. The van der Waals surface area contributed by atoms with E-state index in [1.54, 1.807) is 12.1 Å². The van der Waals surface area contributed by atoms with E-state index in [-0.39, 0.29) is 5.82 Å². The van der Waals surface area contributed by atoms with E-state index in [2.05, 4.69) is 0 Å². The van der Waals surface area contributed by atoms with Crippen LogP contribution in [0.1, 0.15) is 0 Å². The number of fused-ring (bicyclic) bond motifs is 1. The summed E-state index contributed by atoms with van der Waals surface area (Å²) in [6.07, 6.45) is 1.50.